The zero-order chi connectivity index (χ0) is 12.4. The fourth-order valence-electron chi connectivity index (χ4n) is 2.87. The van der Waals surface area contributed by atoms with Crippen molar-refractivity contribution in [1.29, 1.82) is 0 Å². The van der Waals surface area contributed by atoms with E-state index in [2.05, 4.69) is 59.8 Å². The molecule has 1 aliphatic rings. The molecule has 1 aromatic carbocycles. The molecule has 0 saturated carbocycles. The quantitative estimate of drug-likeness (QED) is 0.726. The van der Waals surface area contributed by atoms with Gasteiger partial charge in [0.1, 0.15) is 0 Å². The van der Waals surface area contributed by atoms with Crippen molar-refractivity contribution in [3.05, 3.63) is 29.3 Å². The third-order valence-electron chi connectivity index (χ3n) is 3.83. The number of nitrogens with zero attached hydrogens (tertiary/aromatic N) is 1. The summed E-state index contributed by atoms with van der Waals surface area (Å²) in [6.45, 7) is 8.09. The number of piperidine rings is 1. The zero-order valence-corrected chi connectivity index (χ0v) is 12.6. The van der Waals surface area contributed by atoms with Crippen molar-refractivity contribution in [2.75, 3.05) is 11.4 Å². The smallest absolute Gasteiger partial charge is 0.0409 e. The first-order valence-corrected chi connectivity index (χ1v) is 7.66. The second-order valence-corrected chi connectivity index (χ2v) is 6.00. The molecule has 1 aromatic rings. The van der Waals surface area contributed by atoms with Gasteiger partial charge in [0.25, 0.3) is 0 Å². The van der Waals surface area contributed by atoms with Gasteiger partial charge in [0, 0.05) is 23.6 Å². The zero-order valence-electron chi connectivity index (χ0n) is 11.0. The van der Waals surface area contributed by atoms with Gasteiger partial charge in [0.05, 0.1) is 0 Å². The molecule has 1 nitrogen and oxygen atoms in total. The molecule has 0 radical (unpaired) electrons. The molecule has 94 valence electrons. The van der Waals surface area contributed by atoms with Gasteiger partial charge in [-0.2, -0.15) is 0 Å². The molecule has 1 heterocycles. The van der Waals surface area contributed by atoms with Crippen molar-refractivity contribution in [2.45, 2.75) is 45.0 Å². The number of benzene rings is 1. The molecule has 0 bridgehead atoms. The Morgan fingerprint density at radius 3 is 2.76 bits per heavy atom. The van der Waals surface area contributed by atoms with Crippen LogP contribution in [0.3, 0.4) is 0 Å². The Balaban J connectivity index is 2.27. The topological polar surface area (TPSA) is 3.24 Å². The van der Waals surface area contributed by atoms with Crippen molar-refractivity contribution in [1.82, 2.24) is 0 Å². The molecule has 0 N–H and O–H groups in total. The maximum absolute atomic E-state index is 3.61. The van der Waals surface area contributed by atoms with Gasteiger partial charge in [-0.1, -0.05) is 40.5 Å². The van der Waals surface area contributed by atoms with E-state index in [1.807, 2.05) is 0 Å². The van der Waals surface area contributed by atoms with E-state index < -0.39 is 0 Å². The van der Waals surface area contributed by atoms with Gasteiger partial charge in [-0.05, 0) is 44.2 Å². The number of anilines is 1. The normalized spacial score (nSPS) is 25.1. The standard InChI is InChI=1S/C15H22BrN/c1-11-4-5-15(14(9-11)10-16)17-7-6-12(2)8-13(17)3/h4-5,9,12-13H,6-8,10H2,1-3H3. The first-order chi connectivity index (χ1) is 8.11. The van der Waals surface area contributed by atoms with Crippen molar-refractivity contribution in [3.8, 4) is 0 Å². The van der Waals surface area contributed by atoms with E-state index in [4.69, 9.17) is 0 Å². The number of halogens is 1. The first kappa shape index (κ1) is 12.9. The molecule has 1 fully saturated rings. The van der Waals surface area contributed by atoms with Crippen LogP contribution in [0.5, 0.6) is 0 Å². The molecule has 17 heavy (non-hydrogen) atoms. The van der Waals surface area contributed by atoms with E-state index >= 15 is 0 Å². The van der Waals surface area contributed by atoms with Gasteiger partial charge in [0.2, 0.25) is 0 Å². The van der Waals surface area contributed by atoms with Gasteiger partial charge < -0.3 is 4.90 Å². The second kappa shape index (κ2) is 5.43. The highest BCUT2D eigenvalue weighted by atomic mass is 79.9. The predicted molar refractivity (Wildman–Crippen MR) is 79.0 cm³/mol. The largest absolute Gasteiger partial charge is 0.369 e. The highest BCUT2D eigenvalue weighted by Crippen LogP contribution is 2.31. The molecule has 1 saturated heterocycles. The van der Waals surface area contributed by atoms with Gasteiger partial charge in [-0.25, -0.2) is 0 Å². The average molecular weight is 296 g/mol. The van der Waals surface area contributed by atoms with E-state index in [1.165, 1.54) is 36.2 Å². The van der Waals surface area contributed by atoms with E-state index in [0.29, 0.717) is 6.04 Å². The minimum absolute atomic E-state index is 0.666. The summed E-state index contributed by atoms with van der Waals surface area (Å²) in [6.07, 6.45) is 2.63. The van der Waals surface area contributed by atoms with Crippen LogP contribution in [0.4, 0.5) is 5.69 Å². The van der Waals surface area contributed by atoms with Crippen molar-refractivity contribution < 1.29 is 0 Å². The van der Waals surface area contributed by atoms with Crippen molar-refractivity contribution in [3.63, 3.8) is 0 Å². The number of hydrogen-bond acceptors (Lipinski definition) is 1. The van der Waals surface area contributed by atoms with E-state index in [9.17, 15) is 0 Å². The van der Waals surface area contributed by atoms with Gasteiger partial charge in [-0.3, -0.25) is 0 Å². The molecule has 0 aromatic heterocycles. The molecular weight excluding hydrogens is 274 g/mol. The lowest BCUT2D eigenvalue weighted by molar-refractivity contribution is 0.377. The SMILES string of the molecule is Cc1ccc(N2CCC(C)CC2C)c(CBr)c1. The van der Waals surface area contributed by atoms with Crippen LogP contribution in [0.2, 0.25) is 0 Å². The van der Waals surface area contributed by atoms with E-state index in [0.717, 1.165) is 11.2 Å². The first-order valence-electron chi connectivity index (χ1n) is 6.54. The molecule has 2 atom stereocenters. The minimum atomic E-state index is 0.666. The summed E-state index contributed by atoms with van der Waals surface area (Å²) >= 11 is 3.61. The second-order valence-electron chi connectivity index (χ2n) is 5.44. The van der Waals surface area contributed by atoms with Gasteiger partial charge in [0.15, 0.2) is 0 Å². The van der Waals surface area contributed by atoms with Crippen LogP contribution in [-0.2, 0) is 5.33 Å². The van der Waals surface area contributed by atoms with Crippen LogP contribution < -0.4 is 4.90 Å². The number of alkyl halides is 1. The fraction of sp³-hybridized carbons (Fsp3) is 0.600. The average Bonchev–Trinajstić information content (AvgIpc) is 2.30. The van der Waals surface area contributed by atoms with Crippen LogP contribution in [0.1, 0.15) is 37.8 Å². The molecule has 2 unspecified atom stereocenters. The molecule has 2 rings (SSSR count). The van der Waals surface area contributed by atoms with Gasteiger partial charge in [-0.15, -0.1) is 0 Å². The molecule has 1 aliphatic heterocycles. The Labute approximate surface area is 113 Å². The van der Waals surface area contributed by atoms with E-state index in [-0.39, 0.29) is 0 Å². The van der Waals surface area contributed by atoms with E-state index in [1.54, 1.807) is 0 Å². The molecule has 0 aliphatic carbocycles. The molecule has 0 spiro atoms. The fourth-order valence-corrected chi connectivity index (χ4v) is 3.32. The molecular formula is C15H22BrN. The van der Waals surface area contributed by atoms with Crippen LogP contribution in [0, 0.1) is 12.8 Å². The Morgan fingerprint density at radius 1 is 1.35 bits per heavy atom. The Morgan fingerprint density at radius 2 is 2.12 bits per heavy atom. The monoisotopic (exact) mass is 295 g/mol. The third-order valence-corrected chi connectivity index (χ3v) is 4.43. The summed E-state index contributed by atoms with van der Waals surface area (Å²) in [6, 6.07) is 7.48. The highest BCUT2D eigenvalue weighted by Gasteiger charge is 2.24. The predicted octanol–water partition coefficient (Wildman–Crippen LogP) is 4.51. The van der Waals surface area contributed by atoms with Crippen LogP contribution in [0.25, 0.3) is 0 Å². The molecule has 0 amide bonds. The number of aryl methyl sites for hydroxylation is 1. The van der Waals surface area contributed by atoms with Crippen LogP contribution in [-0.4, -0.2) is 12.6 Å². The summed E-state index contributed by atoms with van der Waals surface area (Å²) in [5, 5.41) is 0.947. The highest BCUT2D eigenvalue weighted by molar-refractivity contribution is 9.08. The number of hydrogen-bond donors (Lipinski definition) is 0. The minimum Gasteiger partial charge on any atom is -0.369 e. The summed E-state index contributed by atoms with van der Waals surface area (Å²) < 4.78 is 0. The third kappa shape index (κ3) is 2.85. The maximum atomic E-state index is 3.61. The van der Waals surface area contributed by atoms with Gasteiger partial charge >= 0.3 is 0 Å². The lowest BCUT2D eigenvalue weighted by atomic mass is 9.92. The van der Waals surface area contributed by atoms with Crippen LogP contribution >= 0.6 is 15.9 Å². The van der Waals surface area contributed by atoms with Crippen LogP contribution in [0.15, 0.2) is 18.2 Å². The maximum Gasteiger partial charge on any atom is 0.0409 e. The summed E-state index contributed by atoms with van der Waals surface area (Å²) in [5.41, 5.74) is 4.19. The molecule has 2 heteroatoms. The Kier molecular flexibility index (Phi) is 4.13. The summed E-state index contributed by atoms with van der Waals surface area (Å²) in [4.78, 5) is 2.58. The summed E-state index contributed by atoms with van der Waals surface area (Å²) in [7, 11) is 0. The Hall–Kier alpha value is -0.500. The van der Waals surface area contributed by atoms with Crippen molar-refractivity contribution in [2.24, 2.45) is 5.92 Å². The number of rotatable bonds is 2. The Bertz CT molecular complexity index is 389. The summed E-state index contributed by atoms with van der Waals surface area (Å²) in [5.74, 6) is 0.874. The lowest BCUT2D eigenvalue weighted by Gasteiger charge is -2.39. The lowest BCUT2D eigenvalue weighted by Crippen LogP contribution is -2.40. The van der Waals surface area contributed by atoms with Crippen molar-refractivity contribution >= 4 is 21.6 Å².